The van der Waals surface area contributed by atoms with Crippen molar-refractivity contribution in [2.45, 2.75) is 52.8 Å². The number of hydrogen-bond acceptors (Lipinski definition) is 3. The van der Waals surface area contributed by atoms with E-state index < -0.39 is 8.07 Å². The first kappa shape index (κ1) is 42.0. The van der Waals surface area contributed by atoms with Gasteiger partial charge in [0, 0.05) is 48.6 Å². The van der Waals surface area contributed by atoms with Crippen LogP contribution in [0.1, 0.15) is 31.9 Å². The van der Waals surface area contributed by atoms with Crippen molar-refractivity contribution in [1.82, 2.24) is 19.1 Å². The van der Waals surface area contributed by atoms with E-state index in [0.29, 0.717) is 0 Å². The fourth-order valence-electron chi connectivity index (χ4n) is 8.82. The normalized spacial score (nSPS) is 11.9. The van der Waals surface area contributed by atoms with Gasteiger partial charge in [0.25, 0.3) is 0 Å². The van der Waals surface area contributed by atoms with Crippen LogP contribution in [0, 0.1) is 19.1 Å². The molecule has 11 aromatic rings. The smallest absolute Gasteiger partial charge is 0.120 e. The molecule has 0 saturated carbocycles. The molecule has 63 heavy (non-hydrogen) atoms. The van der Waals surface area contributed by atoms with E-state index in [2.05, 4.69) is 202 Å². The minimum Gasteiger partial charge on any atom is -0.501 e. The second-order valence-corrected chi connectivity index (χ2v) is 23.3. The molecule has 0 aliphatic rings. The third-order valence-corrected chi connectivity index (χ3v) is 14.1. The average Bonchev–Trinajstić information content (AvgIpc) is 3.96. The van der Waals surface area contributed by atoms with Gasteiger partial charge in [-0.2, -0.15) is 0 Å². The van der Waals surface area contributed by atoms with Crippen LogP contribution in [-0.4, -0.2) is 27.2 Å². The number of benzene rings is 7. The summed E-state index contributed by atoms with van der Waals surface area (Å²) in [5.41, 5.74) is 14.0. The van der Waals surface area contributed by atoms with E-state index in [1.165, 1.54) is 43.8 Å². The zero-order chi connectivity index (χ0) is 42.8. The molecule has 0 atom stereocenters. The first-order chi connectivity index (χ1) is 29.9. The van der Waals surface area contributed by atoms with E-state index in [1.807, 2.05) is 30.3 Å². The Hall–Kier alpha value is -6.37. The van der Waals surface area contributed by atoms with Crippen LogP contribution in [0.2, 0.25) is 19.6 Å². The van der Waals surface area contributed by atoms with Crippen molar-refractivity contribution < 1.29 is 24.5 Å². The fraction of sp³-hybridized carbons (Fsp3) is 0.143. The molecule has 7 heteroatoms. The number of hydrogen-bond donors (Lipinski definition) is 0. The van der Waals surface area contributed by atoms with Crippen LogP contribution in [0.25, 0.3) is 88.8 Å². The zero-order valence-corrected chi connectivity index (χ0v) is 40.0. The number of imidazole rings is 1. The zero-order valence-electron chi connectivity index (χ0n) is 36.6. The third kappa shape index (κ3) is 7.65. The van der Waals surface area contributed by atoms with Crippen LogP contribution >= 0.6 is 0 Å². The van der Waals surface area contributed by atoms with Crippen molar-refractivity contribution in [3.63, 3.8) is 0 Å². The molecule has 11 rings (SSSR count). The second kappa shape index (κ2) is 16.4. The van der Waals surface area contributed by atoms with Crippen molar-refractivity contribution in [2.24, 2.45) is 0 Å². The summed E-state index contributed by atoms with van der Waals surface area (Å²) in [6.07, 6.45) is 2.09. The van der Waals surface area contributed by atoms with Gasteiger partial charge in [0.2, 0.25) is 0 Å². The number of pyridine rings is 1. The van der Waals surface area contributed by atoms with Gasteiger partial charge in [0.15, 0.2) is 0 Å². The van der Waals surface area contributed by atoms with Gasteiger partial charge in [-0.25, -0.2) is 0 Å². The number of furan rings is 1. The number of aromatic nitrogens is 4. The fourth-order valence-corrected chi connectivity index (χ4v) is 10.5. The Morgan fingerprint density at radius 2 is 1.29 bits per heavy atom. The summed E-state index contributed by atoms with van der Waals surface area (Å²) in [4.78, 5) is 9.85. The molecular weight excluding hydrogens is 965 g/mol. The van der Waals surface area contributed by atoms with Gasteiger partial charge < -0.3 is 18.5 Å². The van der Waals surface area contributed by atoms with Crippen LogP contribution in [0.5, 0.6) is 0 Å². The maximum absolute atomic E-state index is 6.30. The first-order valence-electron chi connectivity index (χ1n) is 21.3. The Balaban J connectivity index is 0.000000158. The Morgan fingerprint density at radius 3 is 2.02 bits per heavy atom. The second-order valence-electron chi connectivity index (χ2n) is 18.2. The van der Waals surface area contributed by atoms with Gasteiger partial charge in [-0.3, -0.25) is 4.98 Å². The predicted molar refractivity (Wildman–Crippen MR) is 262 cm³/mol. The summed E-state index contributed by atoms with van der Waals surface area (Å²) in [5.74, 6) is 0.833. The molecule has 0 fully saturated rings. The van der Waals surface area contributed by atoms with Crippen molar-refractivity contribution >= 4 is 68.0 Å². The SMILES string of the molecule is CC(C)(C)c1ccc(-n2c(-c3[c-]ccc4c3oc3ccccc34)nc3ccccc32)cc1.Cc1cc(-c2[c-]cc3c(c2)c2ccccc2n3-c2ccccc2)ncc1[Si](C)(C)C.[Ir]. The Morgan fingerprint density at radius 1 is 0.619 bits per heavy atom. The summed E-state index contributed by atoms with van der Waals surface area (Å²) in [6.45, 7) is 16.0. The van der Waals surface area contributed by atoms with Crippen molar-refractivity contribution in [1.29, 1.82) is 0 Å². The number of para-hydroxylation sites is 5. The molecule has 0 aliphatic heterocycles. The average molecular weight is 1010 g/mol. The quantitative estimate of drug-likeness (QED) is 0.127. The largest absolute Gasteiger partial charge is 0.501 e. The van der Waals surface area contributed by atoms with Crippen LogP contribution < -0.4 is 5.19 Å². The molecule has 7 aromatic carbocycles. The number of fused-ring (bicyclic) bond motifs is 7. The van der Waals surface area contributed by atoms with Gasteiger partial charge >= 0.3 is 0 Å². The van der Waals surface area contributed by atoms with E-state index in [9.17, 15) is 0 Å². The van der Waals surface area contributed by atoms with Crippen molar-refractivity contribution in [2.75, 3.05) is 0 Å². The molecule has 4 aromatic heterocycles. The number of nitrogens with zero attached hydrogens (tertiary/aromatic N) is 4. The van der Waals surface area contributed by atoms with E-state index in [0.717, 1.165) is 61.3 Å². The topological polar surface area (TPSA) is 48.8 Å². The molecule has 5 nitrogen and oxygen atoms in total. The first-order valence-corrected chi connectivity index (χ1v) is 24.8. The van der Waals surface area contributed by atoms with Crippen molar-refractivity contribution in [3.05, 3.63) is 187 Å². The van der Waals surface area contributed by atoms with Gasteiger partial charge in [-0.1, -0.05) is 147 Å². The van der Waals surface area contributed by atoms with E-state index in [1.54, 1.807) is 0 Å². The maximum atomic E-state index is 6.30. The van der Waals surface area contributed by atoms with Gasteiger partial charge in [0.1, 0.15) is 5.58 Å². The van der Waals surface area contributed by atoms with Crippen LogP contribution in [0.15, 0.2) is 168 Å². The summed E-state index contributed by atoms with van der Waals surface area (Å²) in [7, 11) is -1.39. The molecule has 0 unspecified atom stereocenters. The molecule has 0 saturated heterocycles. The Kier molecular flexibility index (Phi) is 10.9. The summed E-state index contributed by atoms with van der Waals surface area (Å²) in [6, 6.07) is 61.8. The number of aryl methyl sites for hydroxylation is 1. The van der Waals surface area contributed by atoms with E-state index in [4.69, 9.17) is 14.4 Å². The molecule has 0 amide bonds. The van der Waals surface area contributed by atoms with Gasteiger partial charge in [0.05, 0.1) is 30.5 Å². The minimum absolute atomic E-state index is 0. The van der Waals surface area contributed by atoms with Crippen LogP contribution in [-0.2, 0) is 25.5 Å². The predicted octanol–water partition coefficient (Wildman–Crippen LogP) is 14.2. The molecule has 1 radical (unpaired) electrons. The minimum atomic E-state index is -1.39. The Bertz CT molecular complexity index is 3440. The monoisotopic (exact) mass is 1010 g/mol. The van der Waals surface area contributed by atoms with Gasteiger partial charge in [-0.05, 0) is 88.2 Å². The molecule has 0 spiro atoms. The molecule has 0 aliphatic carbocycles. The van der Waals surface area contributed by atoms with Gasteiger partial charge in [-0.15, -0.1) is 42.0 Å². The summed E-state index contributed by atoms with van der Waals surface area (Å²) >= 11 is 0. The Labute approximate surface area is 383 Å². The summed E-state index contributed by atoms with van der Waals surface area (Å²) < 4.78 is 10.8. The van der Waals surface area contributed by atoms with Crippen LogP contribution in [0.4, 0.5) is 0 Å². The summed E-state index contributed by atoms with van der Waals surface area (Å²) in [5, 5.41) is 6.10. The molecule has 0 N–H and O–H groups in total. The molecule has 313 valence electrons. The molecule has 0 bridgehead atoms. The van der Waals surface area contributed by atoms with E-state index >= 15 is 0 Å². The molecule has 4 heterocycles. The van der Waals surface area contributed by atoms with Crippen LogP contribution in [0.3, 0.4) is 0 Å². The third-order valence-electron chi connectivity index (χ3n) is 11.9. The number of rotatable bonds is 5. The van der Waals surface area contributed by atoms with Crippen molar-refractivity contribution in [3.8, 4) is 34.0 Å². The van der Waals surface area contributed by atoms with E-state index in [-0.39, 0.29) is 25.5 Å². The standard InChI is InChI=1S/C29H23N2O.C27H25N2Si.Ir/c1-29(2,3)19-15-17-20(18-16-19)31-25-13-6-5-12-24(25)30-28(31)23-11-8-10-22-21-9-4-7-14-26(21)32-27(22)23;1-19-16-24(28-18-27(19)30(2,3)4)20-14-15-26-23(17-20)22-12-8-9-13-25(22)29(26)21-10-6-5-7-11-21;/h4-10,12-18H,1-3H3;5-13,15-18H,1-4H3;/q2*-1;. The maximum Gasteiger partial charge on any atom is 0.120 e. The molecular formula is C56H48IrN4OSi-2.